The lowest BCUT2D eigenvalue weighted by Crippen LogP contribution is -2.47. The second-order valence-electron chi connectivity index (χ2n) is 6.56. The van der Waals surface area contributed by atoms with Crippen molar-refractivity contribution in [2.24, 2.45) is 0 Å². The van der Waals surface area contributed by atoms with Crippen LogP contribution in [0.3, 0.4) is 0 Å². The summed E-state index contributed by atoms with van der Waals surface area (Å²) in [6.45, 7) is 2.01. The van der Waals surface area contributed by atoms with Gasteiger partial charge in [-0.3, -0.25) is 0 Å². The van der Waals surface area contributed by atoms with E-state index in [9.17, 15) is 9.59 Å². The lowest BCUT2D eigenvalue weighted by Gasteiger charge is -2.29. The third-order valence-corrected chi connectivity index (χ3v) is 4.57. The second kappa shape index (κ2) is 8.56. The fourth-order valence-corrected chi connectivity index (χ4v) is 3.24. The van der Waals surface area contributed by atoms with Crippen LogP contribution < -0.4 is 10.6 Å². The van der Waals surface area contributed by atoms with Gasteiger partial charge >= 0.3 is 12.0 Å². The van der Waals surface area contributed by atoms with Crippen molar-refractivity contribution >= 4 is 12.0 Å². The maximum atomic E-state index is 12.8. The van der Waals surface area contributed by atoms with Crippen LogP contribution in [0.25, 0.3) is 11.4 Å². The molecule has 0 saturated heterocycles. The zero-order valence-corrected chi connectivity index (χ0v) is 16.3. The number of allylic oxidation sites excluding steroid dienone is 1. The number of hydrogen-bond donors (Lipinski definition) is 2. The Morgan fingerprint density at radius 2 is 1.80 bits per heavy atom. The molecule has 0 aliphatic carbocycles. The van der Waals surface area contributed by atoms with Crippen LogP contribution in [0.1, 0.15) is 18.5 Å². The van der Waals surface area contributed by atoms with E-state index in [1.165, 1.54) is 4.80 Å². The number of benzene rings is 2. The molecule has 3 aromatic rings. The predicted molar refractivity (Wildman–Crippen MR) is 108 cm³/mol. The molecule has 2 aromatic carbocycles. The molecular weight excluding hydrogens is 384 g/mol. The normalized spacial score (nSPS) is 16.0. The minimum absolute atomic E-state index is 0.0603. The molecule has 2 amide bonds. The molecule has 0 fully saturated rings. The van der Waals surface area contributed by atoms with E-state index in [2.05, 4.69) is 26.0 Å². The van der Waals surface area contributed by atoms with Gasteiger partial charge in [-0.05, 0) is 17.7 Å². The van der Waals surface area contributed by atoms with Crippen molar-refractivity contribution in [2.45, 2.75) is 19.5 Å². The molecule has 0 bridgehead atoms. The Hall–Kier alpha value is -4.01. The van der Waals surface area contributed by atoms with Crippen LogP contribution in [0.2, 0.25) is 0 Å². The number of tetrazole rings is 1. The third kappa shape index (κ3) is 4.04. The first-order valence-corrected chi connectivity index (χ1v) is 9.51. The van der Waals surface area contributed by atoms with Crippen LogP contribution in [0.4, 0.5) is 4.79 Å². The smallest absolute Gasteiger partial charge is 0.338 e. The van der Waals surface area contributed by atoms with Gasteiger partial charge in [0.05, 0.1) is 23.9 Å². The average molecular weight is 404 g/mol. The highest BCUT2D eigenvalue weighted by atomic mass is 16.5. The molecule has 30 heavy (non-hydrogen) atoms. The highest BCUT2D eigenvalue weighted by Gasteiger charge is 2.34. The molecule has 0 unspecified atom stereocenters. The molecule has 0 radical (unpaired) electrons. The van der Waals surface area contributed by atoms with E-state index in [4.69, 9.17) is 4.74 Å². The van der Waals surface area contributed by atoms with E-state index >= 15 is 0 Å². The SMILES string of the molecule is CCOC(=O)C1=C(Cn2nnc(-c3ccccc3)n2)NC(=O)N[C@@H]1c1ccccc1. The number of esters is 1. The van der Waals surface area contributed by atoms with Gasteiger partial charge in [0, 0.05) is 5.56 Å². The van der Waals surface area contributed by atoms with Crippen LogP contribution in [0, 0.1) is 0 Å². The van der Waals surface area contributed by atoms with Gasteiger partial charge in [0.2, 0.25) is 5.82 Å². The van der Waals surface area contributed by atoms with E-state index in [1.807, 2.05) is 60.7 Å². The predicted octanol–water partition coefficient (Wildman–Crippen LogP) is 2.21. The fraction of sp³-hybridized carbons (Fsp3) is 0.190. The number of carbonyl (C=O) groups excluding carboxylic acids is 2. The number of urea groups is 1. The second-order valence-corrected chi connectivity index (χ2v) is 6.56. The summed E-state index contributed by atoms with van der Waals surface area (Å²) in [5, 5.41) is 18.0. The zero-order valence-electron chi connectivity index (χ0n) is 16.3. The fourth-order valence-electron chi connectivity index (χ4n) is 3.24. The monoisotopic (exact) mass is 404 g/mol. The molecule has 2 heterocycles. The molecule has 152 valence electrons. The lowest BCUT2D eigenvalue weighted by molar-refractivity contribution is -0.139. The number of nitrogens with one attached hydrogen (secondary N) is 2. The lowest BCUT2D eigenvalue weighted by atomic mass is 9.95. The van der Waals surface area contributed by atoms with Gasteiger partial charge in [0.1, 0.15) is 6.54 Å². The Balaban J connectivity index is 1.71. The number of ether oxygens (including phenoxy) is 1. The van der Waals surface area contributed by atoms with Gasteiger partial charge in [-0.25, -0.2) is 9.59 Å². The summed E-state index contributed by atoms with van der Waals surface area (Å²) in [4.78, 5) is 26.4. The Labute approximate surface area is 172 Å². The summed E-state index contributed by atoms with van der Waals surface area (Å²) in [5.41, 5.74) is 2.26. The van der Waals surface area contributed by atoms with Gasteiger partial charge in [-0.1, -0.05) is 60.7 Å². The molecule has 1 aromatic heterocycles. The molecule has 4 rings (SSSR count). The summed E-state index contributed by atoms with van der Waals surface area (Å²) in [6.07, 6.45) is 0. The molecule has 9 heteroatoms. The first-order valence-electron chi connectivity index (χ1n) is 9.51. The number of nitrogens with zero attached hydrogens (tertiary/aromatic N) is 4. The summed E-state index contributed by atoms with van der Waals surface area (Å²) in [6, 6.07) is 17.6. The van der Waals surface area contributed by atoms with Crippen LogP contribution in [0.5, 0.6) is 0 Å². The van der Waals surface area contributed by atoms with Gasteiger partial charge < -0.3 is 15.4 Å². The number of aromatic nitrogens is 4. The Kier molecular flexibility index (Phi) is 5.51. The van der Waals surface area contributed by atoms with E-state index in [0.717, 1.165) is 11.1 Å². The van der Waals surface area contributed by atoms with Gasteiger partial charge in [-0.15, -0.1) is 10.2 Å². The van der Waals surface area contributed by atoms with Crippen molar-refractivity contribution < 1.29 is 14.3 Å². The quantitative estimate of drug-likeness (QED) is 0.610. The van der Waals surface area contributed by atoms with Crippen LogP contribution in [0.15, 0.2) is 71.9 Å². The number of amides is 2. The zero-order chi connectivity index (χ0) is 20.9. The van der Waals surface area contributed by atoms with Gasteiger partial charge in [0.25, 0.3) is 0 Å². The Bertz CT molecular complexity index is 1080. The largest absolute Gasteiger partial charge is 0.463 e. The number of rotatable bonds is 6. The van der Waals surface area contributed by atoms with Crippen molar-refractivity contribution in [1.82, 2.24) is 30.8 Å². The molecule has 0 spiro atoms. The summed E-state index contributed by atoms with van der Waals surface area (Å²) in [7, 11) is 0. The maximum absolute atomic E-state index is 12.8. The third-order valence-electron chi connectivity index (χ3n) is 4.57. The number of hydrogen-bond acceptors (Lipinski definition) is 6. The van der Waals surface area contributed by atoms with Crippen LogP contribution in [-0.2, 0) is 16.1 Å². The van der Waals surface area contributed by atoms with Gasteiger partial charge in [0.15, 0.2) is 0 Å². The average Bonchev–Trinajstić information content (AvgIpc) is 3.23. The van der Waals surface area contributed by atoms with E-state index in [-0.39, 0.29) is 13.2 Å². The molecule has 9 nitrogen and oxygen atoms in total. The van der Waals surface area contributed by atoms with Crippen molar-refractivity contribution in [1.29, 1.82) is 0 Å². The minimum atomic E-state index is -0.647. The Morgan fingerprint density at radius 3 is 2.50 bits per heavy atom. The van der Waals surface area contributed by atoms with Crippen molar-refractivity contribution in [2.75, 3.05) is 6.61 Å². The summed E-state index contributed by atoms with van der Waals surface area (Å²) >= 11 is 0. The maximum Gasteiger partial charge on any atom is 0.338 e. The highest BCUT2D eigenvalue weighted by Crippen LogP contribution is 2.28. The topological polar surface area (TPSA) is 111 Å². The Morgan fingerprint density at radius 1 is 1.10 bits per heavy atom. The standard InChI is InChI=1S/C21H20N6O3/c1-2-30-20(28)17-16(22-21(29)23-18(17)14-9-5-3-6-10-14)13-27-25-19(24-26-27)15-11-7-4-8-12-15/h3-12,18H,2,13H2,1H3,(H2,22,23,29)/t18-/m1/s1. The summed E-state index contributed by atoms with van der Waals surface area (Å²) in [5.74, 6) is -0.0639. The van der Waals surface area contributed by atoms with E-state index in [1.54, 1.807) is 6.92 Å². The molecule has 1 aliphatic rings. The highest BCUT2D eigenvalue weighted by molar-refractivity contribution is 5.95. The molecule has 0 saturated carbocycles. The van der Waals surface area contributed by atoms with E-state index < -0.39 is 18.0 Å². The van der Waals surface area contributed by atoms with Crippen LogP contribution in [-0.4, -0.2) is 38.8 Å². The summed E-state index contributed by atoms with van der Waals surface area (Å²) < 4.78 is 5.26. The van der Waals surface area contributed by atoms with Gasteiger partial charge in [-0.2, -0.15) is 4.80 Å². The first kappa shape index (κ1) is 19.3. The molecule has 2 N–H and O–H groups in total. The van der Waals surface area contributed by atoms with Crippen molar-refractivity contribution in [3.05, 3.63) is 77.5 Å². The minimum Gasteiger partial charge on any atom is -0.463 e. The van der Waals surface area contributed by atoms with Crippen LogP contribution >= 0.6 is 0 Å². The molecule has 1 aliphatic heterocycles. The number of carbonyl (C=O) groups is 2. The van der Waals surface area contributed by atoms with E-state index in [0.29, 0.717) is 17.1 Å². The van der Waals surface area contributed by atoms with Crippen molar-refractivity contribution in [3.8, 4) is 11.4 Å². The van der Waals surface area contributed by atoms with Crippen molar-refractivity contribution in [3.63, 3.8) is 0 Å². The first-order chi connectivity index (χ1) is 14.7. The molecule has 1 atom stereocenters. The molecular formula is C21H20N6O3.